The van der Waals surface area contributed by atoms with E-state index in [1.165, 1.54) is 0 Å². The average molecular weight is 281 g/mol. The first-order valence-electron chi connectivity index (χ1n) is 6.75. The summed E-state index contributed by atoms with van der Waals surface area (Å²) in [5.74, 6) is -0.0143. The van der Waals surface area contributed by atoms with Gasteiger partial charge in [0.15, 0.2) is 0 Å². The van der Waals surface area contributed by atoms with Crippen molar-refractivity contribution in [2.75, 3.05) is 19.6 Å². The molecular weight excluding hydrogens is 260 g/mol. The van der Waals surface area contributed by atoms with Gasteiger partial charge in [0, 0.05) is 17.1 Å². The molecule has 1 heterocycles. The molecule has 0 unspecified atom stereocenters. The Hall–Kier alpha value is -1.06. The number of amides is 1. The number of hydrogen-bond donors (Lipinski definition) is 2. The molecule has 2 N–H and O–H groups in total. The normalized spacial score (nSPS) is 18.1. The third kappa shape index (κ3) is 3.71. The SMILES string of the molecule is Cc1cc(C(=O)NCC2(C)CCNCC2)ccc1Cl. The highest BCUT2D eigenvalue weighted by Gasteiger charge is 2.27. The van der Waals surface area contributed by atoms with Crippen LogP contribution >= 0.6 is 11.6 Å². The van der Waals surface area contributed by atoms with Crippen LogP contribution in [0.1, 0.15) is 35.7 Å². The lowest BCUT2D eigenvalue weighted by molar-refractivity contribution is 0.0922. The highest BCUT2D eigenvalue weighted by Crippen LogP contribution is 2.26. The minimum absolute atomic E-state index is 0.0143. The van der Waals surface area contributed by atoms with E-state index in [0.717, 1.165) is 38.0 Å². The number of carbonyl (C=O) groups is 1. The molecule has 19 heavy (non-hydrogen) atoms. The summed E-state index contributed by atoms with van der Waals surface area (Å²) in [5, 5.41) is 7.09. The molecular formula is C15H21ClN2O. The molecule has 3 nitrogen and oxygen atoms in total. The van der Waals surface area contributed by atoms with E-state index >= 15 is 0 Å². The van der Waals surface area contributed by atoms with Gasteiger partial charge in [0.2, 0.25) is 0 Å². The first-order chi connectivity index (χ1) is 9.00. The maximum absolute atomic E-state index is 12.1. The van der Waals surface area contributed by atoms with E-state index in [9.17, 15) is 4.79 Å². The molecule has 1 saturated heterocycles. The van der Waals surface area contributed by atoms with E-state index in [1.807, 2.05) is 13.0 Å². The summed E-state index contributed by atoms with van der Waals surface area (Å²) in [6.07, 6.45) is 2.21. The Balaban J connectivity index is 1.95. The zero-order valence-corrected chi connectivity index (χ0v) is 12.3. The van der Waals surface area contributed by atoms with E-state index in [4.69, 9.17) is 11.6 Å². The van der Waals surface area contributed by atoms with Gasteiger partial charge in [-0.2, -0.15) is 0 Å². The van der Waals surface area contributed by atoms with Crippen LogP contribution in [-0.4, -0.2) is 25.5 Å². The van der Waals surface area contributed by atoms with Crippen molar-refractivity contribution < 1.29 is 4.79 Å². The van der Waals surface area contributed by atoms with Gasteiger partial charge in [0.05, 0.1) is 0 Å². The van der Waals surface area contributed by atoms with E-state index in [2.05, 4.69) is 17.6 Å². The van der Waals surface area contributed by atoms with E-state index in [0.29, 0.717) is 10.6 Å². The van der Waals surface area contributed by atoms with Gasteiger partial charge in [-0.1, -0.05) is 18.5 Å². The molecule has 1 aliphatic rings. The quantitative estimate of drug-likeness (QED) is 0.894. The maximum atomic E-state index is 12.1. The Morgan fingerprint density at radius 2 is 2.11 bits per heavy atom. The molecule has 0 aromatic heterocycles. The van der Waals surface area contributed by atoms with E-state index in [-0.39, 0.29) is 11.3 Å². The highest BCUT2D eigenvalue weighted by atomic mass is 35.5. The maximum Gasteiger partial charge on any atom is 0.251 e. The molecule has 0 radical (unpaired) electrons. The van der Waals surface area contributed by atoms with Crippen LogP contribution in [0.4, 0.5) is 0 Å². The van der Waals surface area contributed by atoms with Gasteiger partial charge in [0.1, 0.15) is 0 Å². The van der Waals surface area contributed by atoms with Gasteiger partial charge in [-0.15, -0.1) is 0 Å². The Kier molecular flexibility index (Phi) is 4.48. The first-order valence-corrected chi connectivity index (χ1v) is 7.13. The number of benzene rings is 1. The van der Waals surface area contributed by atoms with Crippen LogP contribution < -0.4 is 10.6 Å². The summed E-state index contributed by atoms with van der Waals surface area (Å²) >= 11 is 5.97. The fourth-order valence-corrected chi connectivity index (χ4v) is 2.51. The van der Waals surface area contributed by atoms with Crippen LogP contribution in [0, 0.1) is 12.3 Å². The molecule has 0 saturated carbocycles. The summed E-state index contributed by atoms with van der Waals surface area (Å²) in [6.45, 7) is 6.95. The number of nitrogens with one attached hydrogen (secondary N) is 2. The number of piperidine rings is 1. The molecule has 1 fully saturated rings. The number of hydrogen-bond acceptors (Lipinski definition) is 2. The smallest absolute Gasteiger partial charge is 0.251 e. The first kappa shape index (κ1) is 14.4. The molecule has 4 heteroatoms. The predicted octanol–water partition coefficient (Wildman–Crippen LogP) is 2.77. The molecule has 0 bridgehead atoms. The molecule has 1 aromatic rings. The van der Waals surface area contributed by atoms with E-state index in [1.54, 1.807) is 12.1 Å². The van der Waals surface area contributed by atoms with Crippen LogP contribution in [0.25, 0.3) is 0 Å². The minimum Gasteiger partial charge on any atom is -0.351 e. The second kappa shape index (κ2) is 5.93. The van der Waals surface area contributed by atoms with Crippen LogP contribution in [0.15, 0.2) is 18.2 Å². The van der Waals surface area contributed by atoms with Crippen molar-refractivity contribution in [2.45, 2.75) is 26.7 Å². The van der Waals surface area contributed by atoms with Crippen LogP contribution in [0.2, 0.25) is 5.02 Å². The van der Waals surface area contributed by atoms with Crippen molar-refractivity contribution >= 4 is 17.5 Å². The fraction of sp³-hybridized carbons (Fsp3) is 0.533. The Morgan fingerprint density at radius 3 is 2.74 bits per heavy atom. The summed E-state index contributed by atoms with van der Waals surface area (Å²) in [5.41, 5.74) is 1.82. The molecule has 1 aliphatic heterocycles. The zero-order valence-electron chi connectivity index (χ0n) is 11.6. The monoisotopic (exact) mass is 280 g/mol. The van der Waals surface area contributed by atoms with Gasteiger partial charge in [-0.3, -0.25) is 4.79 Å². The Morgan fingerprint density at radius 1 is 1.42 bits per heavy atom. The zero-order chi connectivity index (χ0) is 13.9. The molecule has 2 rings (SSSR count). The van der Waals surface area contributed by atoms with Crippen molar-refractivity contribution in [3.05, 3.63) is 34.3 Å². The van der Waals surface area contributed by atoms with Crippen molar-refractivity contribution in [3.8, 4) is 0 Å². The number of carbonyl (C=O) groups excluding carboxylic acids is 1. The lowest BCUT2D eigenvalue weighted by Gasteiger charge is -2.34. The lowest BCUT2D eigenvalue weighted by Crippen LogP contribution is -2.42. The Bertz CT molecular complexity index is 467. The molecule has 104 valence electrons. The number of rotatable bonds is 3. The van der Waals surface area contributed by atoms with Gasteiger partial charge in [-0.25, -0.2) is 0 Å². The summed E-state index contributed by atoms with van der Waals surface area (Å²) in [7, 11) is 0. The highest BCUT2D eigenvalue weighted by molar-refractivity contribution is 6.31. The topological polar surface area (TPSA) is 41.1 Å². The largest absolute Gasteiger partial charge is 0.351 e. The number of halogens is 1. The number of aryl methyl sites for hydroxylation is 1. The standard InChI is InChI=1S/C15H21ClN2O/c1-11-9-12(3-4-13(11)16)14(19)18-10-15(2)5-7-17-8-6-15/h3-4,9,17H,5-8,10H2,1-2H3,(H,18,19). The van der Waals surface area contributed by atoms with Gasteiger partial charge < -0.3 is 10.6 Å². The molecule has 0 spiro atoms. The molecule has 0 atom stereocenters. The van der Waals surface area contributed by atoms with Gasteiger partial charge >= 0.3 is 0 Å². The van der Waals surface area contributed by atoms with Gasteiger partial charge in [0.25, 0.3) is 5.91 Å². The molecule has 0 aliphatic carbocycles. The van der Waals surface area contributed by atoms with Crippen molar-refractivity contribution in [2.24, 2.45) is 5.41 Å². The molecule has 1 amide bonds. The van der Waals surface area contributed by atoms with Crippen LogP contribution in [-0.2, 0) is 0 Å². The predicted molar refractivity (Wildman–Crippen MR) is 78.7 cm³/mol. The van der Waals surface area contributed by atoms with E-state index < -0.39 is 0 Å². The summed E-state index contributed by atoms with van der Waals surface area (Å²) < 4.78 is 0. The lowest BCUT2D eigenvalue weighted by atomic mass is 9.81. The third-order valence-electron chi connectivity index (χ3n) is 3.91. The van der Waals surface area contributed by atoms with Crippen molar-refractivity contribution in [1.82, 2.24) is 10.6 Å². The van der Waals surface area contributed by atoms with Crippen molar-refractivity contribution in [1.29, 1.82) is 0 Å². The Labute approximate surface area is 119 Å². The second-order valence-electron chi connectivity index (χ2n) is 5.71. The summed E-state index contributed by atoms with van der Waals surface area (Å²) in [4.78, 5) is 12.1. The van der Waals surface area contributed by atoms with Crippen molar-refractivity contribution in [3.63, 3.8) is 0 Å². The third-order valence-corrected chi connectivity index (χ3v) is 4.33. The molecule has 1 aromatic carbocycles. The minimum atomic E-state index is -0.0143. The second-order valence-corrected chi connectivity index (χ2v) is 6.11. The van der Waals surface area contributed by atoms with Crippen LogP contribution in [0.3, 0.4) is 0 Å². The van der Waals surface area contributed by atoms with Gasteiger partial charge in [-0.05, 0) is 62.0 Å². The average Bonchev–Trinajstić information content (AvgIpc) is 2.40. The van der Waals surface area contributed by atoms with Crippen LogP contribution in [0.5, 0.6) is 0 Å². The summed E-state index contributed by atoms with van der Waals surface area (Å²) in [6, 6.07) is 5.38. The fourth-order valence-electron chi connectivity index (χ4n) is 2.39.